The lowest BCUT2D eigenvalue weighted by Gasteiger charge is -2.24. The number of carbonyl (C=O) groups is 1. The minimum absolute atomic E-state index is 0.614. The zero-order valence-electron chi connectivity index (χ0n) is 9.50. The van der Waals surface area contributed by atoms with E-state index in [4.69, 9.17) is 9.84 Å². The smallest absolute Gasteiger partial charge is 0.328 e. The Hall–Kier alpha value is -1.84. The number of nitrogens with zero attached hydrogens (tertiary/aromatic N) is 1. The average Bonchev–Trinajstić information content (AvgIpc) is 2.26. The van der Waals surface area contributed by atoms with E-state index in [9.17, 15) is 4.79 Å². The Morgan fingerprint density at radius 3 is 2.88 bits per heavy atom. The largest absolute Gasteiger partial charge is 0.492 e. The van der Waals surface area contributed by atoms with Crippen molar-refractivity contribution in [1.29, 1.82) is 0 Å². The van der Waals surface area contributed by atoms with Gasteiger partial charge in [-0.05, 0) is 37.0 Å². The van der Waals surface area contributed by atoms with E-state index in [1.54, 1.807) is 12.3 Å². The summed E-state index contributed by atoms with van der Waals surface area (Å²) in [5.41, 5.74) is 0.614. The molecule has 4 heteroatoms. The summed E-state index contributed by atoms with van der Waals surface area (Å²) in [5.74, 6) is 0.461. The van der Waals surface area contributed by atoms with Gasteiger partial charge in [-0.3, -0.25) is 4.98 Å². The Bertz CT molecular complexity index is 407. The fraction of sp³-hybridized carbons (Fsp3) is 0.385. The molecule has 0 aromatic carbocycles. The molecule has 0 aliphatic heterocycles. The van der Waals surface area contributed by atoms with Crippen LogP contribution in [0, 0.1) is 5.92 Å². The molecule has 0 unspecified atom stereocenters. The monoisotopic (exact) mass is 233 g/mol. The van der Waals surface area contributed by atoms with Crippen molar-refractivity contribution in [2.45, 2.75) is 19.3 Å². The van der Waals surface area contributed by atoms with Gasteiger partial charge >= 0.3 is 5.97 Å². The second-order valence-electron chi connectivity index (χ2n) is 4.20. The van der Waals surface area contributed by atoms with Crippen molar-refractivity contribution < 1.29 is 14.6 Å². The number of ether oxygens (including phenoxy) is 1. The third-order valence-electron chi connectivity index (χ3n) is 2.87. The van der Waals surface area contributed by atoms with Crippen LogP contribution in [-0.4, -0.2) is 22.7 Å². The highest BCUT2D eigenvalue weighted by molar-refractivity contribution is 5.84. The first-order chi connectivity index (χ1) is 8.24. The normalized spacial score (nSPS) is 15.8. The molecular weight excluding hydrogens is 218 g/mol. The van der Waals surface area contributed by atoms with Crippen molar-refractivity contribution >= 4 is 12.0 Å². The summed E-state index contributed by atoms with van der Waals surface area (Å²) in [5, 5.41) is 8.47. The van der Waals surface area contributed by atoms with E-state index < -0.39 is 5.97 Å². The SMILES string of the molecule is O=C(O)C=Cc1ccc(OCC2CCC2)cn1. The van der Waals surface area contributed by atoms with E-state index in [1.807, 2.05) is 6.07 Å². The summed E-state index contributed by atoms with van der Waals surface area (Å²) in [7, 11) is 0. The first kappa shape index (κ1) is 11.6. The first-order valence-corrected chi connectivity index (χ1v) is 5.74. The van der Waals surface area contributed by atoms with Gasteiger partial charge < -0.3 is 9.84 Å². The van der Waals surface area contributed by atoms with Crippen LogP contribution in [0.2, 0.25) is 0 Å². The zero-order valence-corrected chi connectivity index (χ0v) is 9.50. The summed E-state index contributed by atoms with van der Waals surface area (Å²) in [4.78, 5) is 14.4. The van der Waals surface area contributed by atoms with E-state index >= 15 is 0 Å². The zero-order chi connectivity index (χ0) is 12.1. The third-order valence-corrected chi connectivity index (χ3v) is 2.87. The highest BCUT2D eigenvalue weighted by Gasteiger charge is 2.17. The summed E-state index contributed by atoms with van der Waals surface area (Å²) in [6, 6.07) is 3.56. The minimum Gasteiger partial charge on any atom is -0.492 e. The predicted molar refractivity (Wildman–Crippen MR) is 63.7 cm³/mol. The van der Waals surface area contributed by atoms with Crippen molar-refractivity contribution in [2.24, 2.45) is 5.92 Å². The van der Waals surface area contributed by atoms with Gasteiger partial charge in [0.1, 0.15) is 5.75 Å². The van der Waals surface area contributed by atoms with Crippen molar-refractivity contribution in [3.8, 4) is 5.75 Å². The molecule has 0 amide bonds. The number of carboxylic acids is 1. The lowest BCUT2D eigenvalue weighted by molar-refractivity contribution is -0.131. The predicted octanol–water partition coefficient (Wildman–Crippen LogP) is 2.36. The average molecular weight is 233 g/mol. The molecular formula is C13H15NO3. The maximum absolute atomic E-state index is 10.3. The van der Waals surface area contributed by atoms with Crippen molar-refractivity contribution in [1.82, 2.24) is 4.98 Å². The van der Waals surface area contributed by atoms with Crippen LogP contribution in [0.15, 0.2) is 24.4 Å². The topological polar surface area (TPSA) is 59.4 Å². The number of hydrogen-bond donors (Lipinski definition) is 1. The van der Waals surface area contributed by atoms with Crippen LogP contribution in [0.4, 0.5) is 0 Å². The molecule has 90 valence electrons. The Morgan fingerprint density at radius 1 is 1.53 bits per heavy atom. The fourth-order valence-electron chi connectivity index (χ4n) is 1.61. The molecule has 4 nitrogen and oxygen atoms in total. The standard InChI is InChI=1S/C13H15NO3/c15-13(16)7-5-11-4-6-12(8-14-11)17-9-10-2-1-3-10/h4-8,10H,1-3,9H2,(H,15,16). The Balaban J connectivity index is 1.86. The van der Waals surface area contributed by atoms with Crippen LogP contribution >= 0.6 is 0 Å². The Labute approximate surface area is 99.9 Å². The number of hydrogen-bond acceptors (Lipinski definition) is 3. The molecule has 1 aromatic heterocycles. The third kappa shape index (κ3) is 3.59. The molecule has 0 atom stereocenters. The molecule has 1 heterocycles. The molecule has 1 N–H and O–H groups in total. The van der Waals surface area contributed by atoms with Crippen LogP contribution in [0.1, 0.15) is 25.0 Å². The van der Waals surface area contributed by atoms with Gasteiger partial charge in [0.05, 0.1) is 18.5 Å². The first-order valence-electron chi connectivity index (χ1n) is 5.74. The van der Waals surface area contributed by atoms with Gasteiger partial charge in [-0.15, -0.1) is 0 Å². The van der Waals surface area contributed by atoms with E-state index in [0.717, 1.165) is 18.4 Å². The van der Waals surface area contributed by atoms with Gasteiger partial charge in [-0.2, -0.15) is 0 Å². The highest BCUT2D eigenvalue weighted by atomic mass is 16.5. The van der Waals surface area contributed by atoms with Crippen LogP contribution in [0.3, 0.4) is 0 Å². The molecule has 0 spiro atoms. The summed E-state index contributed by atoms with van der Waals surface area (Å²) < 4.78 is 5.59. The molecule has 0 bridgehead atoms. The van der Waals surface area contributed by atoms with E-state index in [1.165, 1.54) is 25.3 Å². The van der Waals surface area contributed by atoms with Crippen LogP contribution < -0.4 is 4.74 Å². The fourth-order valence-corrected chi connectivity index (χ4v) is 1.61. The number of carboxylic acid groups (broad SMARTS) is 1. The lowest BCUT2D eigenvalue weighted by atomic mass is 9.86. The van der Waals surface area contributed by atoms with Crippen molar-refractivity contribution in [3.05, 3.63) is 30.1 Å². The molecule has 1 aliphatic rings. The quantitative estimate of drug-likeness (QED) is 0.793. The van der Waals surface area contributed by atoms with Crippen LogP contribution in [0.25, 0.3) is 6.08 Å². The van der Waals surface area contributed by atoms with Gasteiger partial charge in [-0.1, -0.05) is 6.42 Å². The molecule has 2 rings (SSSR count). The van der Waals surface area contributed by atoms with Gasteiger partial charge in [-0.25, -0.2) is 4.79 Å². The number of aliphatic carboxylic acids is 1. The molecule has 1 fully saturated rings. The Kier molecular flexibility index (Phi) is 3.75. The second-order valence-corrected chi connectivity index (χ2v) is 4.20. The summed E-state index contributed by atoms with van der Waals surface area (Å²) in [6.07, 6.45) is 7.97. The maximum Gasteiger partial charge on any atom is 0.328 e. The van der Waals surface area contributed by atoms with Crippen LogP contribution in [0.5, 0.6) is 5.75 Å². The lowest BCUT2D eigenvalue weighted by Crippen LogP contribution is -2.19. The molecule has 0 radical (unpaired) electrons. The molecule has 0 saturated heterocycles. The van der Waals surface area contributed by atoms with Crippen molar-refractivity contribution in [2.75, 3.05) is 6.61 Å². The summed E-state index contributed by atoms with van der Waals surface area (Å²) in [6.45, 7) is 0.756. The van der Waals surface area contributed by atoms with Gasteiger partial charge in [0, 0.05) is 6.08 Å². The van der Waals surface area contributed by atoms with Gasteiger partial charge in [0.2, 0.25) is 0 Å². The Morgan fingerprint density at radius 2 is 2.35 bits per heavy atom. The number of aromatic nitrogens is 1. The minimum atomic E-state index is -0.975. The number of pyridine rings is 1. The van der Waals surface area contributed by atoms with Gasteiger partial charge in [0.15, 0.2) is 0 Å². The molecule has 1 saturated carbocycles. The van der Waals surface area contributed by atoms with Gasteiger partial charge in [0.25, 0.3) is 0 Å². The van der Waals surface area contributed by atoms with E-state index in [0.29, 0.717) is 11.6 Å². The molecule has 1 aromatic rings. The van der Waals surface area contributed by atoms with Crippen LogP contribution in [-0.2, 0) is 4.79 Å². The van der Waals surface area contributed by atoms with E-state index in [2.05, 4.69) is 4.98 Å². The number of rotatable bonds is 5. The highest BCUT2D eigenvalue weighted by Crippen LogP contribution is 2.26. The second kappa shape index (κ2) is 5.48. The molecule has 1 aliphatic carbocycles. The van der Waals surface area contributed by atoms with Crippen molar-refractivity contribution in [3.63, 3.8) is 0 Å². The maximum atomic E-state index is 10.3. The molecule has 17 heavy (non-hydrogen) atoms. The van der Waals surface area contributed by atoms with E-state index in [-0.39, 0.29) is 0 Å². The summed E-state index contributed by atoms with van der Waals surface area (Å²) >= 11 is 0.